The van der Waals surface area contributed by atoms with Gasteiger partial charge in [0, 0.05) is 25.7 Å². The third kappa shape index (κ3) is 2.81. The molecular weight excluding hydrogens is 264 g/mol. The van der Waals surface area contributed by atoms with Gasteiger partial charge in [0.25, 0.3) is 0 Å². The lowest BCUT2D eigenvalue weighted by atomic mass is 10.2. The van der Waals surface area contributed by atoms with Crippen LogP contribution in [0.5, 0.6) is 0 Å². The minimum Gasteiger partial charge on any atom is -0.392 e. The molecule has 1 fully saturated rings. The molecule has 6 heteroatoms. The Morgan fingerprint density at radius 3 is 2.63 bits per heavy atom. The summed E-state index contributed by atoms with van der Waals surface area (Å²) in [7, 11) is -1.54. The first-order chi connectivity index (χ1) is 8.96. The summed E-state index contributed by atoms with van der Waals surface area (Å²) in [6.45, 7) is 3.58. The van der Waals surface area contributed by atoms with Gasteiger partial charge in [-0.05, 0) is 25.6 Å². The second-order valence-corrected chi connectivity index (χ2v) is 6.85. The highest BCUT2D eigenvalue weighted by Gasteiger charge is 2.33. The number of likely N-dealkylation sites (N-methyl/N-ethyl adjacent to an activating group) is 1. The maximum atomic E-state index is 12.7. The number of sulfonamides is 1. The molecule has 1 atom stereocenters. The molecule has 0 saturated carbocycles. The van der Waals surface area contributed by atoms with Crippen LogP contribution in [-0.4, -0.2) is 55.5 Å². The van der Waals surface area contributed by atoms with E-state index < -0.39 is 10.0 Å². The Balaban J connectivity index is 2.37. The Hall–Kier alpha value is -0.950. The SMILES string of the molecule is CC1CN(C)CCN1S(=O)(=O)c1ccccc1CO. The minimum atomic E-state index is -3.53. The molecule has 1 saturated heterocycles. The van der Waals surface area contributed by atoms with Crippen LogP contribution in [0.3, 0.4) is 0 Å². The number of piperazine rings is 1. The maximum Gasteiger partial charge on any atom is 0.243 e. The van der Waals surface area contributed by atoms with Gasteiger partial charge in [0.05, 0.1) is 11.5 Å². The van der Waals surface area contributed by atoms with Crippen LogP contribution in [0.15, 0.2) is 29.2 Å². The van der Waals surface area contributed by atoms with Crippen LogP contribution in [-0.2, 0) is 16.6 Å². The quantitative estimate of drug-likeness (QED) is 0.878. The first-order valence-electron chi connectivity index (χ1n) is 6.36. The van der Waals surface area contributed by atoms with Gasteiger partial charge < -0.3 is 10.0 Å². The number of nitrogens with zero attached hydrogens (tertiary/aromatic N) is 2. The molecule has 1 N–H and O–H groups in total. The molecule has 1 aliphatic heterocycles. The molecule has 0 amide bonds. The van der Waals surface area contributed by atoms with E-state index in [4.69, 9.17) is 0 Å². The predicted molar refractivity (Wildman–Crippen MR) is 73.2 cm³/mol. The van der Waals surface area contributed by atoms with Crippen molar-refractivity contribution >= 4 is 10.0 Å². The standard InChI is InChI=1S/C13H20N2O3S/c1-11-9-14(2)7-8-15(11)19(17,18)13-6-4-3-5-12(13)10-16/h3-6,11,16H,7-10H2,1-2H3. The molecule has 0 radical (unpaired) electrons. The molecule has 5 nitrogen and oxygen atoms in total. The van der Waals surface area contributed by atoms with E-state index >= 15 is 0 Å². The van der Waals surface area contributed by atoms with Crippen molar-refractivity contribution in [2.24, 2.45) is 0 Å². The van der Waals surface area contributed by atoms with Crippen molar-refractivity contribution in [3.8, 4) is 0 Å². The lowest BCUT2D eigenvalue weighted by molar-refractivity contribution is 0.170. The first-order valence-corrected chi connectivity index (χ1v) is 7.80. The van der Waals surface area contributed by atoms with Crippen molar-refractivity contribution in [1.82, 2.24) is 9.21 Å². The van der Waals surface area contributed by atoms with Gasteiger partial charge in [-0.25, -0.2) is 8.42 Å². The molecule has 0 aromatic heterocycles. The molecule has 1 aliphatic rings. The van der Waals surface area contributed by atoms with Crippen LogP contribution < -0.4 is 0 Å². The van der Waals surface area contributed by atoms with Gasteiger partial charge >= 0.3 is 0 Å². The van der Waals surface area contributed by atoms with E-state index in [0.29, 0.717) is 12.1 Å². The molecular formula is C13H20N2O3S. The summed E-state index contributed by atoms with van der Waals surface area (Å²) in [5.74, 6) is 0. The third-order valence-electron chi connectivity index (χ3n) is 3.50. The zero-order valence-electron chi connectivity index (χ0n) is 11.3. The molecule has 19 heavy (non-hydrogen) atoms. The van der Waals surface area contributed by atoms with Crippen LogP contribution in [0.25, 0.3) is 0 Å². The van der Waals surface area contributed by atoms with Crippen molar-refractivity contribution < 1.29 is 13.5 Å². The number of hydrogen-bond acceptors (Lipinski definition) is 4. The number of benzene rings is 1. The zero-order valence-corrected chi connectivity index (χ0v) is 12.1. The molecule has 106 valence electrons. The van der Waals surface area contributed by atoms with E-state index in [-0.39, 0.29) is 17.5 Å². The number of hydrogen-bond donors (Lipinski definition) is 1. The lowest BCUT2D eigenvalue weighted by Crippen LogP contribution is -2.52. The molecule has 0 spiro atoms. The van der Waals surface area contributed by atoms with Gasteiger partial charge in [-0.2, -0.15) is 4.31 Å². The predicted octanol–water partition coefficient (Wildman–Crippen LogP) is 0.503. The van der Waals surface area contributed by atoms with Gasteiger partial charge in [0.15, 0.2) is 0 Å². The monoisotopic (exact) mass is 284 g/mol. The third-order valence-corrected chi connectivity index (χ3v) is 5.61. The van der Waals surface area contributed by atoms with Crippen LogP contribution in [0, 0.1) is 0 Å². The Labute approximate surface area is 114 Å². The lowest BCUT2D eigenvalue weighted by Gasteiger charge is -2.37. The summed E-state index contributed by atoms with van der Waals surface area (Å²) in [4.78, 5) is 2.34. The van der Waals surface area contributed by atoms with Gasteiger partial charge in [-0.15, -0.1) is 0 Å². The van der Waals surface area contributed by atoms with Crippen molar-refractivity contribution in [2.75, 3.05) is 26.7 Å². The van der Waals surface area contributed by atoms with Crippen molar-refractivity contribution in [1.29, 1.82) is 0 Å². The molecule has 2 rings (SSSR count). The van der Waals surface area contributed by atoms with Crippen molar-refractivity contribution in [3.63, 3.8) is 0 Å². The van der Waals surface area contributed by atoms with E-state index in [0.717, 1.165) is 13.1 Å². The summed E-state index contributed by atoms with van der Waals surface area (Å²) in [6, 6.07) is 6.57. The zero-order chi connectivity index (χ0) is 14.0. The average Bonchev–Trinajstić information content (AvgIpc) is 2.38. The fourth-order valence-electron chi connectivity index (χ4n) is 2.49. The van der Waals surface area contributed by atoms with E-state index in [1.54, 1.807) is 24.3 Å². The van der Waals surface area contributed by atoms with Crippen LogP contribution in [0.4, 0.5) is 0 Å². The smallest absolute Gasteiger partial charge is 0.243 e. The molecule has 0 bridgehead atoms. The highest BCUT2D eigenvalue weighted by Crippen LogP contribution is 2.23. The Morgan fingerprint density at radius 1 is 1.32 bits per heavy atom. The second-order valence-electron chi connectivity index (χ2n) is 4.99. The highest BCUT2D eigenvalue weighted by atomic mass is 32.2. The largest absolute Gasteiger partial charge is 0.392 e. The Morgan fingerprint density at radius 2 is 2.00 bits per heavy atom. The highest BCUT2D eigenvalue weighted by molar-refractivity contribution is 7.89. The topological polar surface area (TPSA) is 60.9 Å². The average molecular weight is 284 g/mol. The van der Waals surface area contributed by atoms with E-state index in [2.05, 4.69) is 4.90 Å². The van der Waals surface area contributed by atoms with Gasteiger partial charge in [-0.1, -0.05) is 18.2 Å². The van der Waals surface area contributed by atoms with Gasteiger partial charge in [0.2, 0.25) is 10.0 Å². The summed E-state index contributed by atoms with van der Waals surface area (Å²) in [5, 5.41) is 9.30. The van der Waals surface area contributed by atoms with Crippen LogP contribution in [0.1, 0.15) is 12.5 Å². The van der Waals surface area contributed by atoms with Crippen molar-refractivity contribution in [3.05, 3.63) is 29.8 Å². The van der Waals surface area contributed by atoms with Crippen molar-refractivity contribution in [2.45, 2.75) is 24.5 Å². The Bertz CT molecular complexity index is 545. The Kier molecular flexibility index (Phi) is 4.25. The fraction of sp³-hybridized carbons (Fsp3) is 0.538. The molecule has 1 heterocycles. The molecule has 1 aromatic carbocycles. The summed E-state index contributed by atoms with van der Waals surface area (Å²) in [6.07, 6.45) is 0. The first kappa shape index (κ1) is 14.5. The normalized spacial score (nSPS) is 22.6. The summed E-state index contributed by atoms with van der Waals surface area (Å²) < 4.78 is 26.9. The van der Waals surface area contributed by atoms with Gasteiger partial charge in [0.1, 0.15) is 0 Å². The van der Waals surface area contributed by atoms with Gasteiger partial charge in [-0.3, -0.25) is 0 Å². The maximum absolute atomic E-state index is 12.7. The van der Waals surface area contributed by atoms with E-state index in [9.17, 15) is 13.5 Å². The fourth-order valence-corrected chi connectivity index (χ4v) is 4.32. The number of aliphatic hydroxyl groups excluding tert-OH is 1. The summed E-state index contributed by atoms with van der Waals surface area (Å²) >= 11 is 0. The molecule has 1 aromatic rings. The summed E-state index contributed by atoms with van der Waals surface area (Å²) in [5.41, 5.74) is 0.452. The van der Waals surface area contributed by atoms with E-state index in [1.165, 1.54) is 4.31 Å². The molecule has 0 aliphatic carbocycles. The number of rotatable bonds is 3. The van der Waals surface area contributed by atoms with Crippen LogP contribution in [0.2, 0.25) is 0 Å². The van der Waals surface area contributed by atoms with Crippen LogP contribution >= 0.6 is 0 Å². The minimum absolute atomic E-state index is 0.0597. The molecule has 1 unspecified atom stereocenters. The second kappa shape index (κ2) is 5.58. The van der Waals surface area contributed by atoms with E-state index in [1.807, 2.05) is 14.0 Å². The number of aliphatic hydroxyl groups is 1.